The van der Waals surface area contributed by atoms with E-state index in [1.165, 1.54) is 18.4 Å². The normalized spacial score (nSPS) is 11.1. The molecule has 0 amide bonds. The fourth-order valence-corrected chi connectivity index (χ4v) is 2.20. The van der Waals surface area contributed by atoms with E-state index in [0.717, 1.165) is 23.5 Å². The number of unbranched alkanes of at least 4 members (excludes halogenated alkanes) is 1. The van der Waals surface area contributed by atoms with Crippen LogP contribution >= 0.6 is 11.6 Å². The molecule has 0 atom stereocenters. The zero-order valence-electron chi connectivity index (χ0n) is 9.54. The third-order valence-electron chi connectivity index (χ3n) is 2.84. The van der Waals surface area contributed by atoms with Crippen molar-refractivity contribution in [3.63, 3.8) is 0 Å². The van der Waals surface area contributed by atoms with Crippen LogP contribution in [0.3, 0.4) is 0 Å². The van der Waals surface area contributed by atoms with Gasteiger partial charge in [-0.15, -0.1) is 0 Å². The van der Waals surface area contributed by atoms with Crippen LogP contribution in [-0.2, 0) is 6.54 Å². The highest BCUT2D eigenvalue weighted by Gasteiger charge is 2.03. The SMILES string of the molecule is CNCCCCn1ccc2c(Cl)cccc21. The molecule has 0 saturated heterocycles. The van der Waals surface area contributed by atoms with Gasteiger partial charge >= 0.3 is 0 Å². The Hall–Kier alpha value is -0.990. The first-order valence-corrected chi connectivity index (χ1v) is 6.08. The summed E-state index contributed by atoms with van der Waals surface area (Å²) in [5.41, 5.74) is 1.23. The van der Waals surface area contributed by atoms with Crippen molar-refractivity contribution in [2.24, 2.45) is 0 Å². The molecule has 0 aliphatic heterocycles. The Kier molecular flexibility index (Phi) is 3.86. The first-order chi connectivity index (χ1) is 7.83. The largest absolute Gasteiger partial charge is 0.347 e. The fraction of sp³-hybridized carbons (Fsp3) is 0.385. The van der Waals surface area contributed by atoms with Crippen LogP contribution in [0.1, 0.15) is 12.8 Å². The van der Waals surface area contributed by atoms with Crippen LogP contribution in [0.5, 0.6) is 0 Å². The maximum absolute atomic E-state index is 6.13. The van der Waals surface area contributed by atoms with Gasteiger partial charge in [-0.25, -0.2) is 0 Å². The van der Waals surface area contributed by atoms with Gasteiger partial charge in [0, 0.05) is 28.7 Å². The summed E-state index contributed by atoms with van der Waals surface area (Å²) in [4.78, 5) is 0. The highest BCUT2D eigenvalue weighted by Crippen LogP contribution is 2.24. The average molecular weight is 237 g/mol. The van der Waals surface area contributed by atoms with Gasteiger partial charge in [0.15, 0.2) is 0 Å². The first kappa shape index (κ1) is 11.5. The molecule has 1 N–H and O–H groups in total. The van der Waals surface area contributed by atoms with Crippen molar-refractivity contribution >= 4 is 22.5 Å². The van der Waals surface area contributed by atoms with Crippen LogP contribution in [0.15, 0.2) is 30.5 Å². The molecule has 0 bridgehead atoms. The van der Waals surface area contributed by atoms with Gasteiger partial charge in [-0.05, 0) is 44.6 Å². The minimum atomic E-state index is 0.839. The van der Waals surface area contributed by atoms with E-state index in [0.29, 0.717) is 0 Å². The Morgan fingerprint density at radius 2 is 2.12 bits per heavy atom. The van der Waals surface area contributed by atoms with E-state index in [4.69, 9.17) is 11.6 Å². The van der Waals surface area contributed by atoms with E-state index in [2.05, 4.69) is 28.2 Å². The van der Waals surface area contributed by atoms with E-state index in [9.17, 15) is 0 Å². The summed E-state index contributed by atoms with van der Waals surface area (Å²) in [5, 5.41) is 5.15. The highest BCUT2D eigenvalue weighted by atomic mass is 35.5. The Bertz CT molecular complexity index is 462. The van der Waals surface area contributed by atoms with E-state index in [1.54, 1.807) is 0 Å². The second-order valence-corrected chi connectivity index (χ2v) is 4.40. The Morgan fingerprint density at radius 1 is 1.25 bits per heavy atom. The van der Waals surface area contributed by atoms with Gasteiger partial charge in [0.05, 0.1) is 0 Å². The molecular formula is C13H17ClN2. The summed E-state index contributed by atoms with van der Waals surface area (Å²) in [6.07, 6.45) is 4.52. The maximum Gasteiger partial charge on any atom is 0.0499 e. The molecule has 2 rings (SSSR count). The van der Waals surface area contributed by atoms with Gasteiger partial charge in [-0.1, -0.05) is 17.7 Å². The smallest absolute Gasteiger partial charge is 0.0499 e. The zero-order chi connectivity index (χ0) is 11.4. The lowest BCUT2D eigenvalue weighted by atomic mass is 10.2. The molecule has 16 heavy (non-hydrogen) atoms. The number of aromatic nitrogens is 1. The predicted octanol–water partition coefficient (Wildman–Crippen LogP) is 3.29. The highest BCUT2D eigenvalue weighted by molar-refractivity contribution is 6.35. The standard InChI is InChI=1S/C13H17ClN2/c1-15-8-2-3-9-16-10-7-11-12(14)5-4-6-13(11)16/h4-7,10,15H,2-3,8-9H2,1H3. The lowest BCUT2D eigenvalue weighted by molar-refractivity contribution is 0.603. The number of halogens is 1. The van der Waals surface area contributed by atoms with Crippen LogP contribution in [0.4, 0.5) is 0 Å². The lowest BCUT2D eigenvalue weighted by Crippen LogP contribution is -2.08. The molecule has 86 valence electrons. The van der Waals surface area contributed by atoms with Gasteiger partial charge in [-0.3, -0.25) is 0 Å². The molecule has 0 aliphatic rings. The Balaban J connectivity index is 2.10. The van der Waals surface area contributed by atoms with Crippen LogP contribution in [-0.4, -0.2) is 18.2 Å². The molecule has 3 heteroatoms. The molecule has 2 nitrogen and oxygen atoms in total. The summed E-state index contributed by atoms with van der Waals surface area (Å²) < 4.78 is 2.27. The molecule has 0 spiro atoms. The van der Waals surface area contributed by atoms with Crippen molar-refractivity contribution in [2.75, 3.05) is 13.6 Å². The summed E-state index contributed by atoms with van der Waals surface area (Å²) in [6, 6.07) is 8.17. The number of hydrogen-bond donors (Lipinski definition) is 1. The van der Waals surface area contributed by atoms with Gasteiger partial charge in [-0.2, -0.15) is 0 Å². The molecule has 0 unspecified atom stereocenters. The number of fused-ring (bicyclic) bond motifs is 1. The van der Waals surface area contributed by atoms with Gasteiger partial charge in [0.25, 0.3) is 0 Å². The third-order valence-corrected chi connectivity index (χ3v) is 3.17. The van der Waals surface area contributed by atoms with E-state index in [1.807, 2.05) is 19.2 Å². The van der Waals surface area contributed by atoms with E-state index >= 15 is 0 Å². The van der Waals surface area contributed by atoms with Crippen molar-refractivity contribution in [1.82, 2.24) is 9.88 Å². The number of hydrogen-bond acceptors (Lipinski definition) is 1. The molecule has 1 heterocycles. The molecular weight excluding hydrogens is 220 g/mol. The van der Waals surface area contributed by atoms with E-state index in [-0.39, 0.29) is 0 Å². The lowest BCUT2D eigenvalue weighted by Gasteiger charge is -2.05. The van der Waals surface area contributed by atoms with Gasteiger partial charge in [0.2, 0.25) is 0 Å². The first-order valence-electron chi connectivity index (χ1n) is 5.71. The van der Waals surface area contributed by atoms with Crippen molar-refractivity contribution in [1.29, 1.82) is 0 Å². The van der Waals surface area contributed by atoms with Crippen LogP contribution < -0.4 is 5.32 Å². The van der Waals surface area contributed by atoms with Crippen molar-refractivity contribution < 1.29 is 0 Å². The van der Waals surface area contributed by atoms with E-state index < -0.39 is 0 Å². The number of benzene rings is 1. The predicted molar refractivity (Wildman–Crippen MR) is 70.1 cm³/mol. The molecule has 0 saturated carbocycles. The Morgan fingerprint density at radius 3 is 2.94 bits per heavy atom. The zero-order valence-corrected chi connectivity index (χ0v) is 10.3. The second-order valence-electron chi connectivity index (χ2n) is 3.99. The van der Waals surface area contributed by atoms with Gasteiger partial charge < -0.3 is 9.88 Å². The topological polar surface area (TPSA) is 17.0 Å². The van der Waals surface area contributed by atoms with Crippen LogP contribution in [0.2, 0.25) is 5.02 Å². The summed E-state index contributed by atoms with van der Waals surface area (Å²) >= 11 is 6.13. The number of rotatable bonds is 5. The summed E-state index contributed by atoms with van der Waals surface area (Å²) in [6.45, 7) is 2.14. The van der Waals surface area contributed by atoms with Crippen LogP contribution in [0, 0.1) is 0 Å². The minimum absolute atomic E-state index is 0.839. The molecule has 1 aromatic carbocycles. The molecule has 0 radical (unpaired) electrons. The van der Waals surface area contributed by atoms with Crippen molar-refractivity contribution in [2.45, 2.75) is 19.4 Å². The number of nitrogens with zero attached hydrogens (tertiary/aromatic N) is 1. The maximum atomic E-state index is 6.13. The van der Waals surface area contributed by atoms with Crippen molar-refractivity contribution in [3.8, 4) is 0 Å². The minimum Gasteiger partial charge on any atom is -0.347 e. The number of aryl methyl sites for hydroxylation is 1. The van der Waals surface area contributed by atoms with Gasteiger partial charge in [0.1, 0.15) is 0 Å². The summed E-state index contributed by atoms with van der Waals surface area (Å²) in [7, 11) is 1.99. The monoisotopic (exact) mass is 236 g/mol. The average Bonchev–Trinajstić information content (AvgIpc) is 2.70. The van der Waals surface area contributed by atoms with Crippen molar-refractivity contribution in [3.05, 3.63) is 35.5 Å². The second kappa shape index (κ2) is 5.37. The Labute approximate surface area is 101 Å². The van der Waals surface area contributed by atoms with Crippen LogP contribution in [0.25, 0.3) is 10.9 Å². The third kappa shape index (κ3) is 2.39. The summed E-state index contributed by atoms with van der Waals surface area (Å²) in [5.74, 6) is 0. The molecule has 1 aromatic heterocycles. The quantitative estimate of drug-likeness (QED) is 0.789. The molecule has 0 aliphatic carbocycles. The number of nitrogens with one attached hydrogen (secondary N) is 1. The molecule has 2 aromatic rings. The molecule has 0 fully saturated rings. The fourth-order valence-electron chi connectivity index (χ4n) is 1.96.